The maximum absolute atomic E-state index is 13.1. The minimum atomic E-state index is -0.692. The molecule has 0 spiro atoms. The Hall–Kier alpha value is -2.80. The number of amides is 1. The minimum Gasteiger partial charge on any atom is -0.497 e. The van der Waals surface area contributed by atoms with Gasteiger partial charge in [-0.15, -0.1) is 0 Å². The molecule has 0 saturated heterocycles. The standard InChI is InChI=1S/C18H17ClFNO5/c1-24-13-6-12(7-14(8-13)25-2)18(23)26-10-17(22)21-9-11-3-4-16(20)15(19)5-11/h3-8H,9-10H2,1-2H3,(H,21,22). The van der Waals surface area contributed by atoms with E-state index in [1.165, 1.54) is 44.6 Å². The summed E-state index contributed by atoms with van der Waals surface area (Å²) in [6.45, 7) is -0.337. The monoisotopic (exact) mass is 381 g/mol. The number of nitrogens with one attached hydrogen (secondary N) is 1. The highest BCUT2D eigenvalue weighted by molar-refractivity contribution is 6.30. The number of hydrogen-bond donors (Lipinski definition) is 1. The van der Waals surface area contributed by atoms with Gasteiger partial charge in [0.1, 0.15) is 17.3 Å². The van der Waals surface area contributed by atoms with Crippen molar-refractivity contribution in [3.05, 3.63) is 58.4 Å². The van der Waals surface area contributed by atoms with Crippen LogP contribution in [-0.2, 0) is 16.1 Å². The maximum Gasteiger partial charge on any atom is 0.338 e. The van der Waals surface area contributed by atoms with E-state index in [1.54, 1.807) is 6.07 Å². The molecular formula is C18H17ClFNO5. The third kappa shape index (κ3) is 5.35. The first kappa shape index (κ1) is 19.5. The van der Waals surface area contributed by atoms with Crippen LogP contribution in [0.4, 0.5) is 4.39 Å². The lowest BCUT2D eigenvalue weighted by Crippen LogP contribution is -2.28. The van der Waals surface area contributed by atoms with Gasteiger partial charge in [-0.25, -0.2) is 9.18 Å². The fraction of sp³-hybridized carbons (Fsp3) is 0.222. The van der Waals surface area contributed by atoms with Crippen LogP contribution in [0.1, 0.15) is 15.9 Å². The number of ether oxygens (including phenoxy) is 3. The zero-order valence-corrected chi connectivity index (χ0v) is 14.9. The van der Waals surface area contributed by atoms with Crippen LogP contribution in [0.25, 0.3) is 0 Å². The number of carbonyl (C=O) groups is 2. The largest absolute Gasteiger partial charge is 0.497 e. The highest BCUT2D eigenvalue weighted by atomic mass is 35.5. The number of rotatable bonds is 7. The molecule has 0 atom stereocenters. The molecule has 26 heavy (non-hydrogen) atoms. The Balaban J connectivity index is 1.88. The van der Waals surface area contributed by atoms with E-state index in [0.29, 0.717) is 17.1 Å². The molecule has 2 rings (SSSR count). The third-order valence-electron chi connectivity index (χ3n) is 3.40. The van der Waals surface area contributed by atoms with Crippen molar-refractivity contribution in [3.63, 3.8) is 0 Å². The molecule has 2 aromatic carbocycles. The van der Waals surface area contributed by atoms with Gasteiger partial charge in [-0.1, -0.05) is 17.7 Å². The van der Waals surface area contributed by atoms with E-state index in [2.05, 4.69) is 5.32 Å². The molecule has 0 aliphatic heterocycles. The number of benzene rings is 2. The zero-order valence-electron chi connectivity index (χ0n) is 14.2. The van der Waals surface area contributed by atoms with Crippen molar-refractivity contribution in [3.8, 4) is 11.5 Å². The summed E-state index contributed by atoms with van der Waals surface area (Å²) in [7, 11) is 2.91. The molecule has 2 aromatic rings. The molecule has 1 N–H and O–H groups in total. The average Bonchev–Trinajstić information content (AvgIpc) is 2.66. The van der Waals surface area contributed by atoms with Crippen molar-refractivity contribution < 1.29 is 28.2 Å². The van der Waals surface area contributed by atoms with Crippen LogP contribution >= 0.6 is 11.6 Å². The zero-order chi connectivity index (χ0) is 19.1. The molecule has 0 heterocycles. The molecule has 138 valence electrons. The lowest BCUT2D eigenvalue weighted by Gasteiger charge is -2.09. The second-order valence-electron chi connectivity index (χ2n) is 5.20. The normalized spacial score (nSPS) is 10.2. The highest BCUT2D eigenvalue weighted by Crippen LogP contribution is 2.23. The van der Waals surface area contributed by atoms with Gasteiger partial charge in [0.25, 0.3) is 5.91 Å². The van der Waals surface area contributed by atoms with Gasteiger partial charge in [0.15, 0.2) is 6.61 Å². The number of hydrogen-bond acceptors (Lipinski definition) is 5. The summed E-state index contributed by atoms with van der Waals surface area (Å²) in [6, 6.07) is 8.67. The molecular weight excluding hydrogens is 365 g/mol. The lowest BCUT2D eigenvalue weighted by molar-refractivity contribution is -0.124. The quantitative estimate of drug-likeness (QED) is 0.746. The Morgan fingerprint density at radius 3 is 2.31 bits per heavy atom. The summed E-state index contributed by atoms with van der Waals surface area (Å²) >= 11 is 5.67. The van der Waals surface area contributed by atoms with Gasteiger partial charge >= 0.3 is 5.97 Å². The Bertz CT molecular complexity index is 790. The Morgan fingerprint density at radius 2 is 1.73 bits per heavy atom. The first-order valence-electron chi connectivity index (χ1n) is 7.53. The van der Waals surface area contributed by atoms with Gasteiger partial charge in [0.2, 0.25) is 0 Å². The number of esters is 1. The molecule has 0 fully saturated rings. The molecule has 0 radical (unpaired) electrons. The van der Waals surface area contributed by atoms with Gasteiger partial charge in [0.05, 0.1) is 24.8 Å². The van der Waals surface area contributed by atoms with Crippen molar-refractivity contribution in [2.45, 2.75) is 6.54 Å². The topological polar surface area (TPSA) is 73.9 Å². The van der Waals surface area contributed by atoms with E-state index in [9.17, 15) is 14.0 Å². The van der Waals surface area contributed by atoms with Crippen LogP contribution in [0, 0.1) is 5.82 Å². The third-order valence-corrected chi connectivity index (χ3v) is 3.68. The van der Waals surface area contributed by atoms with Crippen LogP contribution in [0.5, 0.6) is 11.5 Å². The van der Waals surface area contributed by atoms with E-state index in [4.69, 9.17) is 25.8 Å². The van der Waals surface area contributed by atoms with Crippen LogP contribution in [0.3, 0.4) is 0 Å². The highest BCUT2D eigenvalue weighted by Gasteiger charge is 2.13. The first-order valence-corrected chi connectivity index (χ1v) is 7.91. The van der Waals surface area contributed by atoms with E-state index >= 15 is 0 Å². The summed E-state index contributed by atoms with van der Waals surface area (Å²) in [5.74, 6) is -0.886. The van der Waals surface area contributed by atoms with Gasteiger partial charge in [-0.3, -0.25) is 4.79 Å². The van der Waals surface area contributed by atoms with Crippen LogP contribution in [0.2, 0.25) is 5.02 Å². The fourth-order valence-electron chi connectivity index (χ4n) is 2.04. The molecule has 6 nitrogen and oxygen atoms in total. The Labute approximate surface area is 154 Å². The second kappa shape index (κ2) is 9.05. The predicted octanol–water partition coefficient (Wildman–Crippen LogP) is 2.97. The SMILES string of the molecule is COc1cc(OC)cc(C(=O)OCC(=O)NCc2ccc(F)c(Cl)c2)c1. The van der Waals surface area contributed by atoms with E-state index in [0.717, 1.165) is 0 Å². The van der Waals surface area contributed by atoms with Crippen LogP contribution in [-0.4, -0.2) is 32.7 Å². The molecule has 8 heteroatoms. The van der Waals surface area contributed by atoms with Gasteiger partial charge in [-0.2, -0.15) is 0 Å². The summed E-state index contributed by atoms with van der Waals surface area (Å²) in [6.07, 6.45) is 0. The van der Waals surface area contributed by atoms with Gasteiger partial charge in [0, 0.05) is 12.6 Å². The molecule has 0 aliphatic rings. The number of carbonyl (C=O) groups excluding carboxylic acids is 2. The summed E-state index contributed by atoms with van der Waals surface area (Å²) in [5, 5.41) is 2.52. The first-order chi connectivity index (χ1) is 12.4. The molecule has 0 unspecified atom stereocenters. The Morgan fingerprint density at radius 1 is 1.08 bits per heavy atom. The van der Waals surface area contributed by atoms with E-state index in [-0.39, 0.29) is 17.1 Å². The van der Waals surface area contributed by atoms with E-state index in [1.807, 2.05) is 0 Å². The molecule has 1 amide bonds. The summed E-state index contributed by atoms with van der Waals surface area (Å²) in [4.78, 5) is 23.9. The molecule has 0 aliphatic carbocycles. The Kier molecular flexibility index (Phi) is 6.80. The smallest absolute Gasteiger partial charge is 0.338 e. The van der Waals surface area contributed by atoms with Crippen LogP contribution < -0.4 is 14.8 Å². The van der Waals surface area contributed by atoms with Crippen molar-refractivity contribution in [2.75, 3.05) is 20.8 Å². The second-order valence-corrected chi connectivity index (χ2v) is 5.61. The van der Waals surface area contributed by atoms with Gasteiger partial charge < -0.3 is 19.5 Å². The minimum absolute atomic E-state index is 0.0323. The van der Waals surface area contributed by atoms with Gasteiger partial charge in [-0.05, 0) is 29.8 Å². The van der Waals surface area contributed by atoms with Crippen LogP contribution in [0.15, 0.2) is 36.4 Å². The molecule has 0 bridgehead atoms. The van der Waals surface area contributed by atoms with Crippen molar-refractivity contribution in [1.29, 1.82) is 0 Å². The van der Waals surface area contributed by atoms with Crippen molar-refractivity contribution >= 4 is 23.5 Å². The lowest BCUT2D eigenvalue weighted by atomic mass is 10.2. The molecule has 0 saturated carbocycles. The maximum atomic E-state index is 13.1. The number of methoxy groups -OCH3 is 2. The summed E-state index contributed by atoms with van der Waals surface area (Å²) in [5.41, 5.74) is 0.813. The van der Waals surface area contributed by atoms with Crippen molar-refractivity contribution in [1.82, 2.24) is 5.32 Å². The molecule has 0 aromatic heterocycles. The fourth-order valence-corrected chi connectivity index (χ4v) is 2.24. The number of halogens is 2. The van der Waals surface area contributed by atoms with Crippen molar-refractivity contribution in [2.24, 2.45) is 0 Å². The van der Waals surface area contributed by atoms with E-state index < -0.39 is 24.3 Å². The summed E-state index contributed by atoms with van der Waals surface area (Å²) < 4.78 is 28.2. The average molecular weight is 382 g/mol. The predicted molar refractivity (Wildman–Crippen MR) is 93.1 cm³/mol.